The van der Waals surface area contributed by atoms with E-state index in [-0.39, 0.29) is 5.41 Å². The Kier molecular flexibility index (Phi) is 2.49. The number of hydrogen-bond acceptors (Lipinski definition) is 2. The van der Waals surface area contributed by atoms with Crippen LogP contribution < -0.4 is 0 Å². The predicted molar refractivity (Wildman–Crippen MR) is 70.1 cm³/mol. The summed E-state index contributed by atoms with van der Waals surface area (Å²) in [7, 11) is 0. The Labute approximate surface area is 105 Å². The highest BCUT2D eigenvalue weighted by Gasteiger charge is 2.38. The van der Waals surface area contributed by atoms with Gasteiger partial charge >= 0.3 is 0 Å². The van der Waals surface area contributed by atoms with E-state index in [1.807, 2.05) is 6.07 Å². The fourth-order valence-corrected chi connectivity index (χ4v) is 3.44. The van der Waals surface area contributed by atoms with Crippen molar-refractivity contribution in [2.75, 3.05) is 0 Å². The summed E-state index contributed by atoms with van der Waals surface area (Å²) >= 11 is 1.70. The third-order valence-corrected chi connectivity index (χ3v) is 4.39. The van der Waals surface area contributed by atoms with Gasteiger partial charge in [0.1, 0.15) is 0 Å². The van der Waals surface area contributed by atoms with E-state index in [1.54, 1.807) is 11.3 Å². The molecule has 0 saturated carbocycles. The average Bonchev–Trinajstić information content (AvgIpc) is 2.99. The molecule has 2 heteroatoms. The number of aryl methyl sites for hydroxylation is 1. The van der Waals surface area contributed by atoms with Gasteiger partial charge in [-0.1, -0.05) is 24.3 Å². The molecule has 1 aromatic heterocycles. The Morgan fingerprint density at radius 2 is 2.18 bits per heavy atom. The fourth-order valence-electron chi connectivity index (χ4n) is 2.77. The molecule has 84 valence electrons. The molecular weight excluding hydrogens is 226 g/mol. The molecule has 1 nitrogen and oxygen atoms in total. The molecule has 0 amide bonds. The van der Waals surface area contributed by atoms with Crippen LogP contribution in [-0.2, 0) is 18.3 Å². The van der Waals surface area contributed by atoms with Gasteiger partial charge in [-0.15, -0.1) is 0 Å². The molecule has 0 saturated heterocycles. The summed E-state index contributed by atoms with van der Waals surface area (Å²) in [5.74, 6) is 0. The van der Waals surface area contributed by atoms with Gasteiger partial charge in [0.25, 0.3) is 0 Å². The van der Waals surface area contributed by atoms with Crippen LogP contribution in [0.1, 0.15) is 23.1 Å². The molecule has 2 aromatic rings. The molecule has 1 aliphatic carbocycles. The van der Waals surface area contributed by atoms with Crippen LogP contribution in [0.15, 0.2) is 41.1 Å². The first kappa shape index (κ1) is 10.6. The number of hydrogen-bond donors (Lipinski definition) is 0. The number of fused-ring (bicyclic) bond motifs is 1. The van der Waals surface area contributed by atoms with Gasteiger partial charge in [-0.3, -0.25) is 0 Å². The lowest BCUT2D eigenvalue weighted by atomic mass is 9.78. The number of nitrogens with zero attached hydrogens (tertiary/aromatic N) is 1. The second-order valence-corrected chi connectivity index (χ2v) is 5.44. The van der Waals surface area contributed by atoms with Gasteiger partial charge in [0.2, 0.25) is 0 Å². The lowest BCUT2D eigenvalue weighted by Gasteiger charge is -2.21. The summed E-state index contributed by atoms with van der Waals surface area (Å²) in [5.41, 5.74) is 3.59. The average molecular weight is 239 g/mol. The summed E-state index contributed by atoms with van der Waals surface area (Å²) in [5, 5.41) is 13.9. The van der Waals surface area contributed by atoms with E-state index in [0.717, 1.165) is 19.3 Å². The number of nitriles is 1. The zero-order valence-corrected chi connectivity index (χ0v) is 10.3. The SMILES string of the molecule is N#CC1(Cc2ccsc2)CCc2ccccc21. The van der Waals surface area contributed by atoms with Crippen molar-refractivity contribution in [3.05, 3.63) is 57.8 Å². The van der Waals surface area contributed by atoms with Gasteiger partial charge in [-0.2, -0.15) is 16.6 Å². The van der Waals surface area contributed by atoms with Gasteiger partial charge in [0.05, 0.1) is 11.5 Å². The summed E-state index contributed by atoms with van der Waals surface area (Å²) < 4.78 is 0. The quantitative estimate of drug-likeness (QED) is 0.784. The molecule has 0 fully saturated rings. The summed E-state index contributed by atoms with van der Waals surface area (Å²) in [4.78, 5) is 0. The van der Waals surface area contributed by atoms with Crippen LogP contribution in [0.5, 0.6) is 0 Å². The Morgan fingerprint density at radius 3 is 2.94 bits per heavy atom. The van der Waals surface area contributed by atoms with Crippen LogP contribution >= 0.6 is 11.3 Å². The molecule has 0 aliphatic heterocycles. The standard InChI is InChI=1S/C15H13NS/c16-11-15(9-12-6-8-17-10-12)7-5-13-3-1-2-4-14(13)15/h1-4,6,8,10H,5,7,9H2. The molecule has 3 rings (SSSR count). The van der Waals surface area contributed by atoms with Crippen LogP contribution in [0.25, 0.3) is 0 Å². The third kappa shape index (κ3) is 1.67. The summed E-state index contributed by atoms with van der Waals surface area (Å²) in [6, 6.07) is 13.1. The van der Waals surface area contributed by atoms with Crippen LogP contribution in [-0.4, -0.2) is 0 Å². The molecule has 1 unspecified atom stereocenters. The molecule has 0 radical (unpaired) electrons. The topological polar surface area (TPSA) is 23.8 Å². The maximum atomic E-state index is 9.62. The second kappa shape index (κ2) is 4.01. The van der Waals surface area contributed by atoms with Crippen LogP contribution in [0.2, 0.25) is 0 Å². The monoisotopic (exact) mass is 239 g/mol. The van der Waals surface area contributed by atoms with E-state index in [0.29, 0.717) is 0 Å². The first-order valence-electron chi connectivity index (χ1n) is 5.85. The van der Waals surface area contributed by atoms with Crippen molar-refractivity contribution >= 4 is 11.3 Å². The fraction of sp³-hybridized carbons (Fsp3) is 0.267. The Balaban J connectivity index is 2.03. The molecule has 1 aromatic carbocycles. The van der Waals surface area contributed by atoms with E-state index < -0.39 is 0 Å². The highest BCUT2D eigenvalue weighted by molar-refractivity contribution is 7.07. The van der Waals surface area contributed by atoms with Crippen molar-refractivity contribution in [1.29, 1.82) is 5.26 Å². The highest BCUT2D eigenvalue weighted by Crippen LogP contribution is 2.41. The van der Waals surface area contributed by atoms with Gasteiger partial charge in [-0.25, -0.2) is 0 Å². The third-order valence-electron chi connectivity index (χ3n) is 3.65. The van der Waals surface area contributed by atoms with Crippen LogP contribution in [0.3, 0.4) is 0 Å². The van der Waals surface area contributed by atoms with Gasteiger partial charge < -0.3 is 0 Å². The Hall–Kier alpha value is -1.59. The predicted octanol–water partition coefficient (Wildman–Crippen LogP) is 3.70. The molecule has 0 spiro atoms. The first-order chi connectivity index (χ1) is 8.34. The largest absolute Gasteiger partial charge is 0.197 e. The molecule has 0 N–H and O–H groups in total. The smallest absolute Gasteiger partial charge is 0.0868 e. The maximum Gasteiger partial charge on any atom is 0.0868 e. The van der Waals surface area contributed by atoms with E-state index >= 15 is 0 Å². The maximum absolute atomic E-state index is 9.62. The molecule has 0 bridgehead atoms. The minimum absolute atomic E-state index is 0.294. The van der Waals surface area contributed by atoms with Crippen molar-refractivity contribution in [1.82, 2.24) is 0 Å². The molecule has 17 heavy (non-hydrogen) atoms. The lowest BCUT2D eigenvalue weighted by Crippen LogP contribution is -2.23. The van der Waals surface area contributed by atoms with Gasteiger partial charge in [0, 0.05) is 0 Å². The molecular formula is C15H13NS. The van der Waals surface area contributed by atoms with Gasteiger partial charge in [-0.05, 0) is 52.8 Å². The summed E-state index contributed by atoms with van der Waals surface area (Å²) in [6.45, 7) is 0. The summed E-state index contributed by atoms with van der Waals surface area (Å²) in [6.07, 6.45) is 2.84. The van der Waals surface area contributed by atoms with Crippen LogP contribution in [0, 0.1) is 11.3 Å². The zero-order valence-electron chi connectivity index (χ0n) is 9.52. The lowest BCUT2D eigenvalue weighted by molar-refractivity contribution is 0.542. The van der Waals surface area contributed by atoms with E-state index in [9.17, 15) is 5.26 Å². The van der Waals surface area contributed by atoms with Crippen molar-refractivity contribution in [3.8, 4) is 6.07 Å². The van der Waals surface area contributed by atoms with Crippen molar-refractivity contribution in [2.24, 2.45) is 0 Å². The molecule has 1 aliphatic rings. The number of rotatable bonds is 2. The number of thiophene rings is 1. The van der Waals surface area contributed by atoms with E-state index in [4.69, 9.17) is 0 Å². The highest BCUT2D eigenvalue weighted by atomic mass is 32.1. The minimum Gasteiger partial charge on any atom is -0.197 e. The molecule has 1 atom stereocenters. The number of benzene rings is 1. The van der Waals surface area contributed by atoms with E-state index in [2.05, 4.69) is 41.1 Å². The Morgan fingerprint density at radius 1 is 1.29 bits per heavy atom. The first-order valence-corrected chi connectivity index (χ1v) is 6.79. The van der Waals surface area contributed by atoms with Crippen molar-refractivity contribution in [2.45, 2.75) is 24.7 Å². The second-order valence-electron chi connectivity index (χ2n) is 4.66. The zero-order chi connectivity index (χ0) is 11.7. The molecule has 1 heterocycles. The van der Waals surface area contributed by atoms with Crippen LogP contribution in [0.4, 0.5) is 0 Å². The van der Waals surface area contributed by atoms with E-state index in [1.165, 1.54) is 16.7 Å². The van der Waals surface area contributed by atoms with Gasteiger partial charge in [0.15, 0.2) is 0 Å². The van der Waals surface area contributed by atoms with Crippen molar-refractivity contribution in [3.63, 3.8) is 0 Å². The van der Waals surface area contributed by atoms with Crippen molar-refractivity contribution < 1.29 is 0 Å². The normalized spacial score (nSPS) is 22.1. The minimum atomic E-state index is -0.294. The Bertz CT molecular complexity index is 565.